The van der Waals surface area contributed by atoms with Crippen LogP contribution in [0, 0.1) is 11.8 Å². The van der Waals surface area contributed by atoms with Crippen molar-refractivity contribution < 1.29 is 33.4 Å². The van der Waals surface area contributed by atoms with Crippen molar-refractivity contribution in [2.45, 2.75) is 19.8 Å². The molecule has 1 aliphatic heterocycles. The average molecular weight is 621 g/mol. The van der Waals surface area contributed by atoms with Gasteiger partial charge in [-0.3, -0.25) is 19.2 Å². The Bertz CT molecular complexity index is 1670. The van der Waals surface area contributed by atoms with Crippen molar-refractivity contribution >= 4 is 52.7 Å². The molecule has 1 saturated heterocycles. The molecular weight excluding hydrogens is 595 g/mol. The largest absolute Gasteiger partial charge is 0.497 e. The van der Waals surface area contributed by atoms with Crippen molar-refractivity contribution in [2.75, 3.05) is 13.7 Å². The van der Waals surface area contributed by atoms with Gasteiger partial charge in [0.15, 0.2) is 5.78 Å². The van der Waals surface area contributed by atoms with E-state index in [0.717, 1.165) is 15.6 Å². The van der Waals surface area contributed by atoms with Gasteiger partial charge < -0.3 is 9.47 Å². The summed E-state index contributed by atoms with van der Waals surface area (Å²) in [6, 6.07) is 16.4. The van der Waals surface area contributed by atoms with Crippen LogP contribution in [0.4, 0.5) is 0 Å². The third-order valence-electron chi connectivity index (χ3n) is 7.42. The van der Waals surface area contributed by atoms with Crippen LogP contribution >= 0.6 is 23.2 Å². The van der Waals surface area contributed by atoms with Gasteiger partial charge in [0.2, 0.25) is 0 Å². The molecule has 0 unspecified atom stereocenters. The molecule has 1 heterocycles. The second-order valence-corrected chi connectivity index (χ2v) is 11.1. The summed E-state index contributed by atoms with van der Waals surface area (Å²) in [5.41, 5.74) is 1.39. The minimum absolute atomic E-state index is 0.00572. The maximum atomic E-state index is 13.8. The molecule has 3 aromatic rings. The fourth-order valence-corrected chi connectivity index (χ4v) is 5.63. The highest BCUT2D eigenvalue weighted by molar-refractivity contribution is 6.36. The number of fused-ring (bicyclic) bond motifs is 1. The number of ether oxygens (including phenoxy) is 2. The van der Waals surface area contributed by atoms with E-state index in [-0.39, 0.29) is 32.5 Å². The molecule has 0 radical (unpaired) electrons. The number of halogens is 2. The van der Waals surface area contributed by atoms with Crippen molar-refractivity contribution in [3.8, 4) is 11.5 Å². The summed E-state index contributed by atoms with van der Waals surface area (Å²) in [5.74, 6) is -3.65. The molecule has 43 heavy (non-hydrogen) atoms. The lowest BCUT2D eigenvalue weighted by molar-refractivity contribution is -0.154. The van der Waals surface area contributed by atoms with E-state index in [1.165, 1.54) is 55.6 Å². The maximum absolute atomic E-state index is 13.8. The maximum Gasteiger partial charge on any atom is 0.343 e. The zero-order valence-corrected chi connectivity index (χ0v) is 24.7. The zero-order valence-electron chi connectivity index (χ0n) is 23.2. The SMILES string of the molecule is COc1cccc(C(=O)Oc2ccc(C(=O)CN(C(=O)c3ccc(Cl)cc3Cl)N3C(=O)[C@H]4CC=C(C)C[C@H]4C3=O)cc2)c1. The molecular formula is C32H26Cl2N2O7. The molecule has 11 heteroatoms. The zero-order chi connectivity index (χ0) is 30.8. The standard InChI is InChI=1S/C32H26Cl2N2O7/c1-18-6-12-24-26(14-18)31(40)36(30(24)39)35(29(38)25-13-9-21(33)16-27(25)34)17-28(37)19-7-10-22(11-8-19)43-32(41)20-4-3-5-23(15-20)42-2/h3-11,13,15-16,24,26H,12,14,17H2,1-2H3/t24-,26+/m0/s1. The number of ketones is 1. The smallest absolute Gasteiger partial charge is 0.343 e. The third kappa shape index (κ3) is 6.18. The molecule has 3 aromatic carbocycles. The lowest BCUT2D eigenvalue weighted by Gasteiger charge is -2.30. The molecule has 0 N–H and O–H groups in total. The molecule has 3 amide bonds. The van der Waals surface area contributed by atoms with E-state index >= 15 is 0 Å². The number of hydrogen-bond acceptors (Lipinski definition) is 7. The molecule has 220 valence electrons. The van der Waals surface area contributed by atoms with Crippen LogP contribution in [-0.4, -0.2) is 53.1 Å². The van der Waals surface area contributed by atoms with Crippen LogP contribution in [0.1, 0.15) is 50.8 Å². The molecule has 0 saturated carbocycles. The number of nitrogens with zero attached hydrogens (tertiary/aromatic N) is 2. The van der Waals surface area contributed by atoms with E-state index in [0.29, 0.717) is 18.6 Å². The molecule has 0 spiro atoms. The average Bonchev–Trinajstić information content (AvgIpc) is 3.24. The first-order chi connectivity index (χ1) is 20.6. The van der Waals surface area contributed by atoms with Gasteiger partial charge in [-0.25, -0.2) is 9.80 Å². The molecule has 1 aliphatic carbocycles. The lowest BCUT2D eigenvalue weighted by atomic mass is 9.82. The van der Waals surface area contributed by atoms with Crippen LogP contribution in [0.2, 0.25) is 10.0 Å². The van der Waals surface area contributed by atoms with E-state index in [2.05, 4.69) is 0 Å². The van der Waals surface area contributed by atoms with E-state index in [9.17, 15) is 24.0 Å². The van der Waals surface area contributed by atoms with Gasteiger partial charge in [-0.05, 0) is 80.4 Å². The molecule has 2 atom stereocenters. The van der Waals surface area contributed by atoms with Crippen LogP contribution in [0.5, 0.6) is 11.5 Å². The molecule has 0 bridgehead atoms. The second-order valence-electron chi connectivity index (χ2n) is 10.2. The van der Waals surface area contributed by atoms with Gasteiger partial charge in [0, 0.05) is 10.6 Å². The first kappa shape index (κ1) is 30.0. The number of rotatable bonds is 8. The summed E-state index contributed by atoms with van der Waals surface area (Å²) >= 11 is 12.3. The van der Waals surface area contributed by atoms with Crippen molar-refractivity contribution in [3.63, 3.8) is 0 Å². The Morgan fingerprint density at radius 3 is 2.33 bits per heavy atom. The Balaban J connectivity index is 1.38. The number of carbonyl (C=O) groups excluding carboxylic acids is 5. The number of imide groups is 1. The minimum atomic E-state index is -0.802. The highest BCUT2D eigenvalue weighted by Gasteiger charge is 2.52. The van der Waals surface area contributed by atoms with Crippen LogP contribution in [-0.2, 0) is 9.59 Å². The van der Waals surface area contributed by atoms with Crippen molar-refractivity contribution in [1.82, 2.24) is 10.0 Å². The number of allylic oxidation sites excluding steroid dienone is 2. The fraction of sp³-hybridized carbons (Fsp3) is 0.219. The van der Waals surface area contributed by atoms with Gasteiger partial charge in [-0.2, -0.15) is 5.01 Å². The summed E-state index contributed by atoms with van der Waals surface area (Å²) in [5, 5.41) is 1.94. The second kappa shape index (κ2) is 12.4. The minimum Gasteiger partial charge on any atom is -0.497 e. The first-order valence-electron chi connectivity index (χ1n) is 13.4. The number of hydrogen-bond donors (Lipinski definition) is 0. The van der Waals surface area contributed by atoms with Crippen LogP contribution < -0.4 is 9.47 Å². The Kier molecular flexibility index (Phi) is 8.66. The summed E-state index contributed by atoms with van der Waals surface area (Å²) in [7, 11) is 1.49. The van der Waals surface area contributed by atoms with Crippen LogP contribution in [0.15, 0.2) is 78.4 Å². The Morgan fingerprint density at radius 1 is 0.907 bits per heavy atom. The number of benzene rings is 3. The van der Waals surface area contributed by atoms with E-state index in [1.807, 2.05) is 13.0 Å². The van der Waals surface area contributed by atoms with Crippen LogP contribution in [0.3, 0.4) is 0 Å². The normalized spacial score (nSPS) is 17.7. The number of carbonyl (C=O) groups is 5. The van der Waals surface area contributed by atoms with E-state index in [4.69, 9.17) is 32.7 Å². The summed E-state index contributed by atoms with van der Waals surface area (Å²) in [6.07, 6.45) is 2.66. The molecule has 5 rings (SSSR count). The molecule has 0 aromatic heterocycles. The molecule has 9 nitrogen and oxygen atoms in total. The predicted octanol–water partition coefficient (Wildman–Crippen LogP) is 5.80. The van der Waals surface area contributed by atoms with E-state index < -0.39 is 47.9 Å². The number of methoxy groups -OCH3 is 1. The highest BCUT2D eigenvalue weighted by atomic mass is 35.5. The Labute approximate surface area is 257 Å². The molecule has 1 fully saturated rings. The number of amides is 3. The Morgan fingerprint density at radius 2 is 1.63 bits per heavy atom. The topological polar surface area (TPSA) is 110 Å². The quantitative estimate of drug-likeness (QED) is 0.103. The van der Waals surface area contributed by atoms with Gasteiger partial charge in [0.1, 0.15) is 18.0 Å². The first-order valence-corrected chi connectivity index (χ1v) is 14.1. The number of esters is 1. The number of hydrazine groups is 1. The van der Waals surface area contributed by atoms with Crippen LogP contribution in [0.25, 0.3) is 0 Å². The monoisotopic (exact) mass is 620 g/mol. The van der Waals surface area contributed by atoms with E-state index in [1.54, 1.807) is 18.2 Å². The van der Waals surface area contributed by atoms with Crippen molar-refractivity contribution in [3.05, 3.63) is 105 Å². The summed E-state index contributed by atoms with van der Waals surface area (Å²) in [6.45, 7) is 1.26. The van der Waals surface area contributed by atoms with Gasteiger partial charge in [-0.1, -0.05) is 40.9 Å². The van der Waals surface area contributed by atoms with Crippen molar-refractivity contribution in [1.29, 1.82) is 0 Å². The van der Waals surface area contributed by atoms with Gasteiger partial charge in [-0.15, -0.1) is 0 Å². The predicted molar refractivity (Wildman–Crippen MR) is 158 cm³/mol. The lowest BCUT2D eigenvalue weighted by Crippen LogP contribution is -2.52. The van der Waals surface area contributed by atoms with Gasteiger partial charge >= 0.3 is 5.97 Å². The van der Waals surface area contributed by atoms with Gasteiger partial charge in [0.05, 0.1) is 35.1 Å². The highest BCUT2D eigenvalue weighted by Crippen LogP contribution is 2.39. The third-order valence-corrected chi connectivity index (χ3v) is 7.97. The fourth-order valence-electron chi connectivity index (χ4n) is 5.15. The van der Waals surface area contributed by atoms with Gasteiger partial charge in [0.25, 0.3) is 17.7 Å². The summed E-state index contributed by atoms with van der Waals surface area (Å²) in [4.78, 5) is 66.7. The molecule has 2 aliphatic rings. The Hall–Kier alpha value is -4.47. The van der Waals surface area contributed by atoms with Crippen molar-refractivity contribution in [2.24, 2.45) is 11.8 Å². The summed E-state index contributed by atoms with van der Waals surface area (Å²) < 4.78 is 10.5. The number of Topliss-reactive ketones (excluding diaryl/α,β-unsaturated/α-hetero) is 1.